The fourth-order valence-corrected chi connectivity index (χ4v) is 2.98. The molecule has 0 saturated heterocycles. The molecule has 2 aromatic carbocycles. The van der Waals surface area contributed by atoms with Crippen molar-refractivity contribution in [1.29, 1.82) is 0 Å². The second-order valence-corrected chi connectivity index (χ2v) is 6.62. The molecule has 30 heavy (non-hydrogen) atoms. The zero-order valence-corrected chi connectivity index (χ0v) is 15.8. The summed E-state index contributed by atoms with van der Waals surface area (Å²) in [4.78, 5) is 23.1. The smallest absolute Gasteiger partial charge is 0.416 e. The van der Waals surface area contributed by atoms with Crippen LogP contribution in [0.15, 0.2) is 60.9 Å². The first kappa shape index (κ1) is 19.7. The molecule has 4 aromatic rings. The predicted molar refractivity (Wildman–Crippen MR) is 105 cm³/mol. The van der Waals surface area contributed by atoms with Crippen molar-refractivity contribution in [3.8, 4) is 11.5 Å². The van der Waals surface area contributed by atoms with E-state index in [1.807, 2.05) is 0 Å². The number of nitrogens with one attached hydrogen (secondary N) is 2. The predicted octanol–water partition coefficient (Wildman–Crippen LogP) is 5.67. The van der Waals surface area contributed by atoms with E-state index < -0.39 is 17.6 Å². The Bertz CT molecular complexity index is 1230. The number of benzene rings is 2. The summed E-state index contributed by atoms with van der Waals surface area (Å²) >= 11 is 5.91. The number of hydrogen-bond donors (Lipinski definition) is 2. The molecule has 0 fully saturated rings. The summed E-state index contributed by atoms with van der Waals surface area (Å²) in [5.74, 6) is 0.163. The van der Waals surface area contributed by atoms with E-state index in [0.29, 0.717) is 17.2 Å². The number of halogens is 4. The second kappa shape index (κ2) is 7.68. The summed E-state index contributed by atoms with van der Waals surface area (Å²) < 4.78 is 44.5. The number of H-pyrrole nitrogens is 1. The molecule has 0 bridgehead atoms. The van der Waals surface area contributed by atoms with E-state index in [1.54, 1.807) is 48.8 Å². The number of hydrogen-bond acceptors (Lipinski definition) is 4. The Morgan fingerprint density at radius 2 is 1.90 bits per heavy atom. The lowest BCUT2D eigenvalue weighted by atomic mass is 10.2. The van der Waals surface area contributed by atoms with Gasteiger partial charge in [0.1, 0.15) is 17.0 Å². The Morgan fingerprint density at radius 1 is 1.10 bits per heavy atom. The first-order chi connectivity index (χ1) is 14.3. The Kier molecular flexibility index (Phi) is 5.04. The Balaban J connectivity index is 1.56. The van der Waals surface area contributed by atoms with Crippen molar-refractivity contribution < 1.29 is 22.7 Å². The number of alkyl halides is 3. The van der Waals surface area contributed by atoms with Gasteiger partial charge in [0.2, 0.25) is 0 Å². The van der Waals surface area contributed by atoms with Gasteiger partial charge in [-0.25, -0.2) is 4.98 Å². The lowest BCUT2D eigenvalue weighted by Gasteiger charge is -2.08. The number of pyridine rings is 1. The van der Waals surface area contributed by atoms with Crippen LogP contribution in [-0.2, 0) is 6.18 Å². The van der Waals surface area contributed by atoms with Crippen LogP contribution in [0.2, 0.25) is 5.02 Å². The molecule has 0 spiro atoms. The third kappa shape index (κ3) is 4.20. The van der Waals surface area contributed by atoms with Crippen LogP contribution in [0.1, 0.15) is 16.2 Å². The van der Waals surface area contributed by atoms with Gasteiger partial charge in [-0.1, -0.05) is 17.7 Å². The molecule has 10 heteroatoms. The number of ether oxygens (including phenoxy) is 1. The summed E-state index contributed by atoms with van der Waals surface area (Å²) in [5.41, 5.74) is -0.447. The average Bonchev–Trinajstić information content (AvgIpc) is 3.14. The third-order valence-corrected chi connectivity index (χ3v) is 4.33. The summed E-state index contributed by atoms with van der Waals surface area (Å²) in [5, 5.41) is 2.41. The minimum absolute atomic E-state index is 0.00800. The van der Waals surface area contributed by atoms with Gasteiger partial charge in [0.25, 0.3) is 5.91 Å². The third-order valence-electron chi connectivity index (χ3n) is 4.04. The average molecular weight is 433 g/mol. The van der Waals surface area contributed by atoms with Crippen LogP contribution < -0.4 is 10.1 Å². The molecule has 4 rings (SSSR count). The maximum Gasteiger partial charge on any atom is 0.416 e. The van der Waals surface area contributed by atoms with Crippen LogP contribution >= 0.6 is 11.6 Å². The first-order valence-corrected chi connectivity index (χ1v) is 8.93. The zero-order chi connectivity index (χ0) is 21.3. The molecule has 0 radical (unpaired) electrons. The molecular formula is C20H12ClF3N4O2. The van der Waals surface area contributed by atoms with E-state index in [1.165, 1.54) is 0 Å². The number of aromatic nitrogens is 3. The summed E-state index contributed by atoms with van der Waals surface area (Å²) in [6.45, 7) is 0. The summed E-state index contributed by atoms with van der Waals surface area (Å²) in [7, 11) is 0. The highest BCUT2D eigenvalue weighted by Gasteiger charge is 2.32. The van der Waals surface area contributed by atoms with Crippen molar-refractivity contribution in [2.45, 2.75) is 6.18 Å². The van der Waals surface area contributed by atoms with Gasteiger partial charge >= 0.3 is 6.18 Å². The summed E-state index contributed by atoms with van der Waals surface area (Å²) in [6, 6.07) is 11.7. The lowest BCUT2D eigenvalue weighted by Crippen LogP contribution is -2.13. The molecule has 0 aliphatic carbocycles. The van der Waals surface area contributed by atoms with Gasteiger partial charge in [0, 0.05) is 18.0 Å². The normalized spacial score (nSPS) is 11.5. The highest BCUT2D eigenvalue weighted by atomic mass is 35.5. The maximum absolute atomic E-state index is 13.0. The zero-order valence-electron chi connectivity index (χ0n) is 15.0. The van der Waals surface area contributed by atoms with Gasteiger partial charge in [-0.05, 0) is 36.4 Å². The van der Waals surface area contributed by atoms with Crippen LogP contribution in [0.4, 0.5) is 18.9 Å². The molecule has 0 saturated carbocycles. The number of nitrogens with zero attached hydrogens (tertiary/aromatic N) is 2. The van der Waals surface area contributed by atoms with E-state index in [2.05, 4.69) is 20.3 Å². The maximum atomic E-state index is 13.0. The Hall–Kier alpha value is -3.59. The van der Waals surface area contributed by atoms with Crippen molar-refractivity contribution in [1.82, 2.24) is 15.0 Å². The van der Waals surface area contributed by atoms with E-state index >= 15 is 0 Å². The number of carbonyl (C=O) groups excluding carboxylic acids is 1. The topological polar surface area (TPSA) is 79.9 Å². The molecule has 6 nitrogen and oxygen atoms in total. The number of amides is 1. The number of imidazole rings is 1. The summed E-state index contributed by atoms with van der Waals surface area (Å²) in [6.07, 6.45) is -1.42. The largest absolute Gasteiger partial charge is 0.456 e. The molecule has 1 amide bonds. The van der Waals surface area contributed by atoms with E-state index in [-0.39, 0.29) is 21.9 Å². The van der Waals surface area contributed by atoms with Crippen molar-refractivity contribution in [3.05, 3.63) is 77.3 Å². The van der Waals surface area contributed by atoms with Gasteiger partial charge in [-0.15, -0.1) is 0 Å². The molecule has 0 aliphatic heterocycles. The highest BCUT2D eigenvalue weighted by Crippen LogP contribution is 2.34. The Labute approximate surface area is 172 Å². The fourth-order valence-electron chi connectivity index (χ4n) is 2.72. The second-order valence-electron chi connectivity index (χ2n) is 6.21. The highest BCUT2D eigenvalue weighted by molar-refractivity contribution is 6.35. The van der Waals surface area contributed by atoms with Gasteiger partial charge in [0.15, 0.2) is 5.82 Å². The number of fused-ring (bicyclic) bond motifs is 1. The number of carbonyl (C=O) groups is 1. The van der Waals surface area contributed by atoms with Crippen LogP contribution in [0.3, 0.4) is 0 Å². The standard InChI is InChI=1S/C20H12ClF3N4O2/c21-15-7-11(20(22,23)24)8-16-17(15)28-18(27-16)19(29)26-12-3-1-4-13(9-12)30-14-5-2-6-25-10-14/h1-10H,(H,26,29)(H,27,28). The fraction of sp³-hybridized carbons (Fsp3) is 0.0500. The molecule has 0 aliphatic rings. The van der Waals surface area contributed by atoms with E-state index in [0.717, 1.165) is 12.1 Å². The molecule has 2 aromatic heterocycles. The van der Waals surface area contributed by atoms with Crippen LogP contribution in [0.25, 0.3) is 11.0 Å². The lowest BCUT2D eigenvalue weighted by molar-refractivity contribution is -0.137. The molecule has 2 N–H and O–H groups in total. The number of aromatic amines is 1. The quantitative estimate of drug-likeness (QED) is 0.435. The molecule has 152 valence electrons. The van der Waals surface area contributed by atoms with Crippen LogP contribution in [0.5, 0.6) is 11.5 Å². The molecule has 0 atom stereocenters. The SMILES string of the molecule is O=C(Nc1cccc(Oc2cccnc2)c1)c1nc2c(Cl)cc(C(F)(F)F)cc2[nH]1. The molecule has 2 heterocycles. The van der Waals surface area contributed by atoms with Crippen LogP contribution in [0, 0.1) is 0 Å². The minimum Gasteiger partial charge on any atom is -0.456 e. The minimum atomic E-state index is -4.57. The van der Waals surface area contributed by atoms with Gasteiger partial charge in [0.05, 0.1) is 22.3 Å². The Morgan fingerprint density at radius 3 is 2.63 bits per heavy atom. The number of anilines is 1. The first-order valence-electron chi connectivity index (χ1n) is 8.55. The van der Waals surface area contributed by atoms with Crippen molar-refractivity contribution >= 4 is 34.2 Å². The van der Waals surface area contributed by atoms with Gasteiger partial charge < -0.3 is 15.0 Å². The monoisotopic (exact) mass is 432 g/mol. The molecule has 0 unspecified atom stereocenters. The molecular weight excluding hydrogens is 421 g/mol. The van der Waals surface area contributed by atoms with E-state index in [4.69, 9.17) is 16.3 Å². The number of rotatable bonds is 4. The van der Waals surface area contributed by atoms with E-state index in [9.17, 15) is 18.0 Å². The van der Waals surface area contributed by atoms with Crippen molar-refractivity contribution in [3.63, 3.8) is 0 Å². The van der Waals surface area contributed by atoms with Crippen molar-refractivity contribution in [2.24, 2.45) is 0 Å². The van der Waals surface area contributed by atoms with Gasteiger partial charge in [-0.3, -0.25) is 9.78 Å². The van der Waals surface area contributed by atoms with Crippen molar-refractivity contribution in [2.75, 3.05) is 5.32 Å². The van der Waals surface area contributed by atoms with Gasteiger partial charge in [-0.2, -0.15) is 13.2 Å². The van der Waals surface area contributed by atoms with Crippen LogP contribution in [-0.4, -0.2) is 20.9 Å².